The highest BCUT2D eigenvalue weighted by Crippen LogP contribution is 2.33. The molecule has 0 unspecified atom stereocenters. The smallest absolute Gasteiger partial charge is 0.192 e. The number of hydrogen-bond acceptors (Lipinski definition) is 4. The van der Waals surface area contributed by atoms with Crippen molar-refractivity contribution >= 4 is 10.1 Å². The Hall–Kier alpha value is -1.90. The van der Waals surface area contributed by atoms with Crippen LogP contribution in [0.4, 0.5) is 13.2 Å². The zero-order chi connectivity index (χ0) is 18.2. The van der Waals surface area contributed by atoms with Gasteiger partial charge in [0.2, 0.25) is 0 Å². The lowest BCUT2D eigenvalue weighted by atomic mass is 9.92. The zero-order valence-corrected chi connectivity index (χ0v) is 14.1. The second-order valence-corrected chi connectivity index (χ2v) is 7.53. The van der Waals surface area contributed by atoms with Crippen molar-refractivity contribution in [2.45, 2.75) is 23.9 Å². The molecule has 3 rings (SSSR count). The van der Waals surface area contributed by atoms with Gasteiger partial charge in [-0.05, 0) is 36.8 Å². The number of alkyl halides is 3. The van der Waals surface area contributed by atoms with Gasteiger partial charge in [0.05, 0.1) is 10.5 Å². The van der Waals surface area contributed by atoms with E-state index >= 15 is 0 Å². The molecule has 0 atom stereocenters. The number of benzene rings is 2. The van der Waals surface area contributed by atoms with Crippen molar-refractivity contribution < 1.29 is 25.9 Å². The van der Waals surface area contributed by atoms with Gasteiger partial charge in [0, 0.05) is 19.0 Å². The van der Waals surface area contributed by atoms with Crippen LogP contribution in [0.3, 0.4) is 0 Å². The maximum atomic E-state index is 12.6. The fourth-order valence-corrected chi connectivity index (χ4v) is 3.50. The summed E-state index contributed by atoms with van der Waals surface area (Å²) in [6.07, 6.45) is -4.37. The Morgan fingerprint density at radius 1 is 1.00 bits per heavy atom. The van der Waals surface area contributed by atoms with Gasteiger partial charge in [0.1, 0.15) is 0 Å². The number of nitrogens with zero attached hydrogens (tertiary/aromatic N) is 1. The molecule has 0 spiro atoms. The molecule has 2 aromatic rings. The average Bonchev–Trinajstić information content (AvgIpc) is 2.50. The summed E-state index contributed by atoms with van der Waals surface area (Å²) < 4.78 is 67.0. The molecule has 0 radical (unpaired) electrons. The molecule has 0 saturated carbocycles. The van der Waals surface area contributed by atoms with Crippen LogP contribution in [0.15, 0.2) is 53.4 Å². The standard InChI is InChI=1S/C17H16F3NO3S/c1-12-2-8-16(9-3-12)25(22,23)24-21-10-14(11-21)13-4-6-15(7-5-13)17(18,19)20/h2-9,14H,10-11H2,1H3. The zero-order valence-electron chi connectivity index (χ0n) is 13.3. The van der Waals surface area contributed by atoms with Crippen molar-refractivity contribution in [2.75, 3.05) is 13.1 Å². The van der Waals surface area contributed by atoms with Crippen molar-refractivity contribution in [1.82, 2.24) is 5.06 Å². The molecule has 25 heavy (non-hydrogen) atoms. The van der Waals surface area contributed by atoms with Gasteiger partial charge in [0.25, 0.3) is 0 Å². The Morgan fingerprint density at radius 2 is 1.56 bits per heavy atom. The maximum Gasteiger partial charge on any atom is 0.416 e. The fraction of sp³-hybridized carbons (Fsp3) is 0.294. The third kappa shape index (κ3) is 4.02. The lowest BCUT2D eigenvalue weighted by molar-refractivity contribution is -0.137. The Kier molecular flexibility index (Phi) is 4.61. The molecule has 8 heteroatoms. The molecule has 1 saturated heterocycles. The molecule has 1 aliphatic heterocycles. The molecule has 134 valence electrons. The second-order valence-electron chi connectivity index (χ2n) is 6.01. The summed E-state index contributed by atoms with van der Waals surface area (Å²) in [4.78, 5) is 0.0658. The Balaban J connectivity index is 1.60. The fourth-order valence-electron chi connectivity index (χ4n) is 2.54. The van der Waals surface area contributed by atoms with Crippen LogP contribution in [0.1, 0.15) is 22.6 Å². The number of hydroxylamine groups is 2. The van der Waals surface area contributed by atoms with E-state index in [2.05, 4.69) is 0 Å². The average molecular weight is 371 g/mol. The van der Waals surface area contributed by atoms with Crippen molar-refractivity contribution in [2.24, 2.45) is 0 Å². The predicted octanol–water partition coefficient (Wildman–Crippen LogP) is 3.73. The van der Waals surface area contributed by atoms with E-state index in [-0.39, 0.29) is 10.8 Å². The van der Waals surface area contributed by atoms with E-state index in [0.717, 1.165) is 23.3 Å². The molecule has 1 fully saturated rings. The third-order valence-electron chi connectivity index (χ3n) is 4.07. The van der Waals surface area contributed by atoms with E-state index in [1.807, 2.05) is 6.92 Å². The molecule has 1 heterocycles. The van der Waals surface area contributed by atoms with E-state index in [1.54, 1.807) is 12.1 Å². The minimum atomic E-state index is -4.37. The highest BCUT2D eigenvalue weighted by atomic mass is 32.2. The lowest BCUT2D eigenvalue weighted by Gasteiger charge is -2.37. The van der Waals surface area contributed by atoms with E-state index in [4.69, 9.17) is 4.28 Å². The van der Waals surface area contributed by atoms with Crippen LogP contribution in [0, 0.1) is 6.92 Å². The van der Waals surface area contributed by atoms with E-state index < -0.39 is 21.9 Å². The van der Waals surface area contributed by atoms with Crippen molar-refractivity contribution in [3.63, 3.8) is 0 Å². The lowest BCUT2D eigenvalue weighted by Crippen LogP contribution is -2.45. The first kappa shape index (κ1) is 17.9. The number of halogens is 3. The molecule has 0 N–H and O–H groups in total. The van der Waals surface area contributed by atoms with Crippen molar-refractivity contribution in [3.05, 3.63) is 65.2 Å². The van der Waals surface area contributed by atoms with E-state index in [1.165, 1.54) is 29.3 Å². The number of rotatable bonds is 4. The van der Waals surface area contributed by atoms with Crippen LogP contribution in [0.2, 0.25) is 0 Å². The summed E-state index contributed by atoms with van der Waals surface area (Å²) in [5, 5.41) is 1.29. The normalized spacial score (nSPS) is 16.6. The quantitative estimate of drug-likeness (QED) is 0.822. The van der Waals surface area contributed by atoms with Gasteiger partial charge in [-0.1, -0.05) is 29.8 Å². The summed E-state index contributed by atoms with van der Waals surface area (Å²) in [6.45, 7) is 2.45. The third-order valence-corrected chi connectivity index (χ3v) is 5.33. The minimum absolute atomic E-state index is 0.0597. The second kappa shape index (κ2) is 6.44. The van der Waals surface area contributed by atoms with Crippen LogP contribution in [-0.2, 0) is 20.6 Å². The molecule has 0 bridgehead atoms. The van der Waals surface area contributed by atoms with Gasteiger partial charge in [-0.15, -0.1) is 0 Å². The van der Waals surface area contributed by atoms with Crippen LogP contribution in [0.5, 0.6) is 0 Å². The molecule has 4 nitrogen and oxygen atoms in total. The molecule has 1 aliphatic rings. The first-order chi connectivity index (χ1) is 11.6. The summed E-state index contributed by atoms with van der Waals surface area (Å²) in [5.41, 5.74) is 0.955. The Labute approximate surface area is 143 Å². The number of aryl methyl sites for hydroxylation is 1. The summed E-state index contributed by atoms with van der Waals surface area (Å²) in [7, 11) is -3.89. The number of hydrogen-bond donors (Lipinski definition) is 0. The van der Waals surface area contributed by atoms with Gasteiger partial charge in [-0.3, -0.25) is 0 Å². The van der Waals surface area contributed by atoms with Crippen LogP contribution in [0.25, 0.3) is 0 Å². The molecular weight excluding hydrogens is 355 g/mol. The highest BCUT2D eigenvalue weighted by Gasteiger charge is 2.34. The summed E-state index contributed by atoms with van der Waals surface area (Å²) in [5.74, 6) is -0.0597. The van der Waals surface area contributed by atoms with E-state index in [0.29, 0.717) is 13.1 Å². The van der Waals surface area contributed by atoms with Gasteiger partial charge < -0.3 is 0 Å². The topological polar surface area (TPSA) is 46.6 Å². The first-order valence-electron chi connectivity index (χ1n) is 7.58. The molecule has 0 amide bonds. The van der Waals surface area contributed by atoms with E-state index in [9.17, 15) is 21.6 Å². The van der Waals surface area contributed by atoms with Crippen LogP contribution < -0.4 is 0 Å². The molecular formula is C17H16F3NO3S. The van der Waals surface area contributed by atoms with Gasteiger partial charge >= 0.3 is 16.3 Å². The van der Waals surface area contributed by atoms with Gasteiger partial charge in [0.15, 0.2) is 0 Å². The van der Waals surface area contributed by atoms with Crippen molar-refractivity contribution in [1.29, 1.82) is 0 Å². The highest BCUT2D eigenvalue weighted by molar-refractivity contribution is 7.86. The summed E-state index contributed by atoms with van der Waals surface area (Å²) in [6, 6.07) is 11.2. The van der Waals surface area contributed by atoms with Crippen LogP contribution in [-0.4, -0.2) is 26.6 Å². The SMILES string of the molecule is Cc1ccc(S(=O)(=O)ON2CC(c3ccc(C(F)(F)F)cc3)C2)cc1. The molecule has 0 aromatic heterocycles. The predicted molar refractivity (Wildman–Crippen MR) is 85.2 cm³/mol. The van der Waals surface area contributed by atoms with Gasteiger partial charge in [-0.2, -0.15) is 30.9 Å². The van der Waals surface area contributed by atoms with Crippen LogP contribution >= 0.6 is 0 Å². The van der Waals surface area contributed by atoms with Crippen molar-refractivity contribution in [3.8, 4) is 0 Å². The summed E-state index contributed by atoms with van der Waals surface area (Å²) >= 11 is 0. The molecule has 2 aromatic carbocycles. The maximum absolute atomic E-state index is 12.6. The van der Waals surface area contributed by atoms with Gasteiger partial charge in [-0.25, -0.2) is 0 Å². The largest absolute Gasteiger partial charge is 0.416 e. The molecule has 0 aliphatic carbocycles. The monoisotopic (exact) mass is 371 g/mol. The Bertz CT molecular complexity index is 840. The minimum Gasteiger partial charge on any atom is -0.192 e. The Morgan fingerprint density at radius 3 is 2.08 bits per heavy atom. The first-order valence-corrected chi connectivity index (χ1v) is 8.99.